The first-order valence-electron chi connectivity index (χ1n) is 9.25. The first-order valence-corrected chi connectivity index (χ1v) is 9.25. The van der Waals surface area contributed by atoms with Crippen molar-refractivity contribution >= 4 is 34.7 Å². The Hall–Kier alpha value is -4.13. The number of amides is 2. The summed E-state index contributed by atoms with van der Waals surface area (Å²) in [5.74, 6) is -1.73. The van der Waals surface area contributed by atoms with Crippen LogP contribution in [0.5, 0.6) is 0 Å². The predicted octanol–water partition coefficient (Wildman–Crippen LogP) is 3.86. The van der Waals surface area contributed by atoms with Gasteiger partial charge in [0.15, 0.2) is 0 Å². The average Bonchev–Trinajstić information content (AvgIpc) is 3.36. The number of carbonyl (C=O) groups excluding carboxylic acids is 3. The number of benzene rings is 2. The molecule has 1 aliphatic rings. The summed E-state index contributed by atoms with van der Waals surface area (Å²) in [5.41, 5.74) is 1.36. The van der Waals surface area contributed by atoms with E-state index in [9.17, 15) is 19.5 Å². The Kier molecular flexibility index (Phi) is 4.93. The second-order valence-corrected chi connectivity index (χ2v) is 6.78. The molecule has 2 amide bonds. The molecule has 0 spiro atoms. The number of aliphatic hydroxyl groups is 1. The number of carbonyl (C=O) groups is 3. The van der Waals surface area contributed by atoms with Crippen molar-refractivity contribution < 1.29 is 23.9 Å². The van der Waals surface area contributed by atoms with Crippen molar-refractivity contribution in [3.63, 3.8) is 0 Å². The number of Topliss-reactive ketones (excluding diaryl/α,β-unsaturated/α-hetero) is 1. The van der Waals surface area contributed by atoms with E-state index in [0.717, 1.165) is 0 Å². The van der Waals surface area contributed by atoms with Gasteiger partial charge in [-0.1, -0.05) is 30.3 Å². The van der Waals surface area contributed by atoms with Crippen LogP contribution in [0.4, 0.5) is 11.4 Å². The zero-order valence-electron chi connectivity index (χ0n) is 16.0. The van der Waals surface area contributed by atoms with Crippen LogP contribution in [0.25, 0.3) is 5.76 Å². The van der Waals surface area contributed by atoms with Gasteiger partial charge in [0, 0.05) is 23.9 Å². The second-order valence-electron chi connectivity index (χ2n) is 6.78. The Morgan fingerprint density at radius 1 is 1.00 bits per heavy atom. The van der Waals surface area contributed by atoms with E-state index in [2.05, 4.69) is 5.32 Å². The molecular formula is C23H18N2O5. The van der Waals surface area contributed by atoms with Crippen molar-refractivity contribution in [2.75, 3.05) is 10.2 Å². The molecule has 7 nitrogen and oxygen atoms in total. The van der Waals surface area contributed by atoms with Crippen LogP contribution in [0, 0.1) is 0 Å². The number of nitrogens with zero attached hydrogens (tertiary/aromatic N) is 1. The highest BCUT2D eigenvalue weighted by Crippen LogP contribution is 2.42. The minimum absolute atomic E-state index is 0.0490. The van der Waals surface area contributed by atoms with Gasteiger partial charge in [-0.05, 0) is 36.4 Å². The number of hydrogen-bond donors (Lipinski definition) is 2. The molecule has 2 aromatic carbocycles. The summed E-state index contributed by atoms with van der Waals surface area (Å²) in [7, 11) is 0. The normalized spacial score (nSPS) is 17.9. The molecule has 1 unspecified atom stereocenters. The molecule has 1 fully saturated rings. The van der Waals surface area contributed by atoms with E-state index < -0.39 is 17.7 Å². The zero-order chi connectivity index (χ0) is 21.3. The van der Waals surface area contributed by atoms with Crippen molar-refractivity contribution in [1.82, 2.24) is 0 Å². The summed E-state index contributed by atoms with van der Waals surface area (Å²) in [6.07, 6.45) is 1.44. The first-order chi connectivity index (χ1) is 14.5. The van der Waals surface area contributed by atoms with Crippen molar-refractivity contribution in [3.05, 3.63) is 89.9 Å². The van der Waals surface area contributed by atoms with Crippen LogP contribution in [0.1, 0.15) is 24.3 Å². The third-order valence-corrected chi connectivity index (χ3v) is 4.77. The van der Waals surface area contributed by atoms with E-state index in [-0.39, 0.29) is 17.2 Å². The quantitative estimate of drug-likeness (QED) is 0.392. The lowest BCUT2D eigenvalue weighted by molar-refractivity contribution is -0.132. The standard InChI is InChI=1S/C23H18N2O5/c1-14(26)24-16-9-11-17(12-10-16)25-20(18-8-5-13-30-18)19(22(28)23(25)29)21(27)15-6-3-2-4-7-15/h2-13,20,27H,1H3,(H,24,26)/b21-19-. The Labute approximate surface area is 172 Å². The summed E-state index contributed by atoms with van der Waals surface area (Å²) >= 11 is 0. The molecule has 30 heavy (non-hydrogen) atoms. The van der Waals surface area contributed by atoms with Crippen molar-refractivity contribution in [3.8, 4) is 0 Å². The number of hydrogen-bond acceptors (Lipinski definition) is 5. The highest BCUT2D eigenvalue weighted by Gasteiger charge is 2.48. The highest BCUT2D eigenvalue weighted by atomic mass is 16.3. The molecule has 0 bridgehead atoms. The maximum atomic E-state index is 12.9. The van der Waals surface area contributed by atoms with Crippen molar-refractivity contribution in [1.29, 1.82) is 0 Å². The number of anilines is 2. The molecule has 4 rings (SSSR count). The SMILES string of the molecule is CC(=O)Nc1ccc(N2C(=O)C(=O)/C(=C(\O)c3ccccc3)C2c2ccco2)cc1. The van der Waals surface area contributed by atoms with Gasteiger partial charge in [-0.25, -0.2) is 0 Å². The van der Waals surface area contributed by atoms with Crippen LogP contribution in [-0.4, -0.2) is 22.7 Å². The van der Waals surface area contributed by atoms with E-state index in [1.165, 1.54) is 18.1 Å². The Balaban J connectivity index is 1.83. The molecule has 1 aromatic heterocycles. The molecule has 3 aromatic rings. The third-order valence-electron chi connectivity index (χ3n) is 4.77. The lowest BCUT2D eigenvalue weighted by Gasteiger charge is -2.23. The number of ketones is 1. The fourth-order valence-electron chi connectivity index (χ4n) is 3.48. The number of aliphatic hydroxyl groups excluding tert-OH is 1. The lowest BCUT2D eigenvalue weighted by Crippen LogP contribution is -2.29. The van der Waals surface area contributed by atoms with Gasteiger partial charge < -0.3 is 14.8 Å². The molecule has 1 saturated heterocycles. The summed E-state index contributed by atoms with van der Waals surface area (Å²) < 4.78 is 5.51. The van der Waals surface area contributed by atoms with E-state index in [1.807, 2.05) is 0 Å². The van der Waals surface area contributed by atoms with E-state index in [4.69, 9.17) is 4.42 Å². The molecule has 0 saturated carbocycles. The fraction of sp³-hybridized carbons (Fsp3) is 0.0870. The molecule has 1 atom stereocenters. The van der Waals surface area contributed by atoms with Gasteiger partial charge in [0.1, 0.15) is 17.6 Å². The summed E-state index contributed by atoms with van der Waals surface area (Å²) in [4.78, 5) is 38.4. The molecule has 2 N–H and O–H groups in total. The maximum absolute atomic E-state index is 12.9. The Bertz CT molecular complexity index is 1130. The van der Waals surface area contributed by atoms with Crippen LogP contribution in [0.2, 0.25) is 0 Å². The van der Waals surface area contributed by atoms with Crippen LogP contribution in [0.3, 0.4) is 0 Å². The number of furan rings is 1. The van der Waals surface area contributed by atoms with Crippen molar-refractivity contribution in [2.24, 2.45) is 0 Å². The zero-order valence-corrected chi connectivity index (χ0v) is 16.0. The minimum atomic E-state index is -0.924. The topological polar surface area (TPSA) is 99.9 Å². The third kappa shape index (κ3) is 3.37. The minimum Gasteiger partial charge on any atom is -0.507 e. The van der Waals surface area contributed by atoms with E-state index in [0.29, 0.717) is 22.7 Å². The summed E-state index contributed by atoms with van der Waals surface area (Å²) in [6, 6.07) is 17.4. The molecule has 2 heterocycles. The van der Waals surface area contributed by atoms with E-state index in [1.54, 1.807) is 66.7 Å². The molecule has 1 aliphatic heterocycles. The smallest absolute Gasteiger partial charge is 0.300 e. The Morgan fingerprint density at radius 3 is 2.30 bits per heavy atom. The number of nitrogens with one attached hydrogen (secondary N) is 1. The van der Waals surface area contributed by atoms with Gasteiger partial charge in [0.05, 0.1) is 11.8 Å². The average molecular weight is 402 g/mol. The van der Waals surface area contributed by atoms with Gasteiger partial charge in [0.2, 0.25) is 5.91 Å². The monoisotopic (exact) mass is 402 g/mol. The highest BCUT2D eigenvalue weighted by molar-refractivity contribution is 6.51. The number of rotatable bonds is 4. The molecular weight excluding hydrogens is 384 g/mol. The van der Waals surface area contributed by atoms with Crippen LogP contribution < -0.4 is 10.2 Å². The Morgan fingerprint density at radius 2 is 1.70 bits per heavy atom. The maximum Gasteiger partial charge on any atom is 0.300 e. The van der Waals surface area contributed by atoms with Gasteiger partial charge in [0.25, 0.3) is 11.7 Å². The van der Waals surface area contributed by atoms with Gasteiger partial charge in [-0.3, -0.25) is 19.3 Å². The molecule has 7 heteroatoms. The largest absolute Gasteiger partial charge is 0.507 e. The molecule has 0 aliphatic carbocycles. The molecule has 0 radical (unpaired) electrons. The second kappa shape index (κ2) is 7.71. The van der Waals surface area contributed by atoms with Gasteiger partial charge in [-0.2, -0.15) is 0 Å². The van der Waals surface area contributed by atoms with Crippen LogP contribution >= 0.6 is 0 Å². The first kappa shape index (κ1) is 19.2. The van der Waals surface area contributed by atoms with Gasteiger partial charge >= 0.3 is 0 Å². The lowest BCUT2D eigenvalue weighted by atomic mass is 9.99. The van der Waals surface area contributed by atoms with Crippen LogP contribution in [-0.2, 0) is 14.4 Å². The van der Waals surface area contributed by atoms with Crippen molar-refractivity contribution in [2.45, 2.75) is 13.0 Å². The van der Waals surface area contributed by atoms with Crippen LogP contribution in [0.15, 0.2) is 83.0 Å². The van der Waals surface area contributed by atoms with E-state index >= 15 is 0 Å². The summed E-state index contributed by atoms with van der Waals surface area (Å²) in [5, 5.41) is 13.5. The molecule has 150 valence electrons. The fourth-order valence-corrected chi connectivity index (χ4v) is 3.48. The predicted molar refractivity (Wildman–Crippen MR) is 111 cm³/mol. The van der Waals surface area contributed by atoms with Gasteiger partial charge in [-0.15, -0.1) is 0 Å². The summed E-state index contributed by atoms with van der Waals surface area (Å²) in [6.45, 7) is 1.40.